The maximum absolute atomic E-state index is 12.0. The van der Waals surface area contributed by atoms with E-state index in [1.807, 2.05) is 6.07 Å². The van der Waals surface area contributed by atoms with Gasteiger partial charge in [-0.05, 0) is 30.7 Å². The first-order valence-corrected chi connectivity index (χ1v) is 7.30. The predicted octanol–water partition coefficient (Wildman–Crippen LogP) is 2.77. The van der Waals surface area contributed by atoms with Crippen molar-refractivity contribution in [2.45, 2.75) is 13.3 Å². The molecule has 0 amide bonds. The largest absolute Gasteiger partial charge is 0.426 e. The Labute approximate surface area is 137 Å². The minimum absolute atomic E-state index is 0.0836. The molecule has 6 nitrogen and oxygen atoms in total. The minimum atomic E-state index is -0.373. The zero-order valence-electron chi connectivity index (χ0n) is 12.3. The van der Waals surface area contributed by atoms with Crippen LogP contribution in [0.15, 0.2) is 48.8 Å². The monoisotopic (exact) mass is 328 g/mol. The molecule has 0 spiro atoms. The number of hydrogen-bond donors (Lipinski definition) is 0. The lowest BCUT2D eigenvalue weighted by Gasteiger charge is -2.09. The van der Waals surface area contributed by atoms with Crippen molar-refractivity contribution in [1.82, 2.24) is 20.0 Å². The zero-order valence-corrected chi connectivity index (χ0v) is 13.1. The number of rotatable bonds is 4. The molecule has 1 aromatic carbocycles. The van der Waals surface area contributed by atoms with Crippen molar-refractivity contribution in [1.29, 1.82) is 0 Å². The van der Waals surface area contributed by atoms with Crippen molar-refractivity contribution in [3.63, 3.8) is 0 Å². The molecule has 0 aliphatic heterocycles. The van der Waals surface area contributed by atoms with Crippen molar-refractivity contribution in [2.75, 3.05) is 0 Å². The summed E-state index contributed by atoms with van der Waals surface area (Å²) in [5.41, 5.74) is 1.37. The Morgan fingerprint density at radius 1 is 1.22 bits per heavy atom. The number of esters is 1. The van der Waals surface area contributed by atoms with Crippen molar-refractivity contribution >= 4 is 17.6 Å². The van der Waals surface area contributed by atoms with Crippen LogP contribution in [0, 0.1) is 6.92 Å². The van der Waals surface area contributed by atoms with E-state index in [0.717, 1.165) is 0 Å². The summed E-state index contributed by atoms with van der Waals surface area (Å²) in [4.78, 5) is 17.7. The van der Waals surface area contributed by atoms with Crippen LogP contribution in [0.3, 0.4) is 0 Å². The lowest BCUT2D eigenvalue weighted by molar-refractivity contribution is -0.133. The van der Waals surface area contributed by atoms with Crippen LogP contribution in [0.4, 0.5) is 0 Å². The molecule has 0 saturated carbocycles. The Kier molecular flexibility index (Phi) is 4.34. The molecule has 0 bridgehead atoms. The Balaban J connectivity index is 1.78. The molecule has 3 rings (SSSR count). The quantitative estimate of drug-likeness (QED) is 0.544. The molecule has 2 aromatic heterocycles. The van der Waals surface area contributed by atoms with E-state index in [1.54, 1.807) is 49.6 Å². The van der Waals surface area contributed by atoms with Crippen LogP contribution in [-0.4, -0.2) is 25.9 Å². The minimum Gasteiger partial charge on any atom is -0.426 e. The van der Waals surface area contributed by atoms with Crippen molar-refractivity contribution in [3.8, 4) is 11.6 Å². The molecule has 7 heteroatoms. The van der Waals surface area contributed by atoms with Gasteiger partial charge in [-0.25, -0.2) is 4.98 Å². The van der Waals surface area contributed by atoms with Crippen LogP contribution in [0.5, 0.6) is 5.75 Å². The van der Waals surface area contributed by atoms with Crippen molar-refractivity contribution in [2.24, 2.45) is 0 Å². The van der Waals surface area contributed by atoms with E-state index in [2.05, 4.69) is 15.2 Å². The van der Waals surface area contributed by atoms with Gasteiger partial charge in [0.2, 0.25) is 0 Å². The maximum Gasteiger partial charge on any atom is 0.315 e. The molecule has 2 heterocycles. The molecular weight excluding hydrogens is 316 g/mol. The number of carbonyl (C=O) groups excluding carboxylic acids is 1. The van der Waals surface area contributed by atoms with Crippen LogP contribution >= 0.6 is 11.6 Å². The number of pyridine rings is 1. The van der Waals surface area contributed by atoms with Gasteiger partial charge in [0, 0.05) is 5.69 Å². The van der Waals surface area contributed by atoms with E-state index >= 15 is 0 Å². The first kappa shape index (κ1) is 15.2. The molecule has 0 atom stereocenters. The summed E-state index contributed by atoms with van der Waals surface area (Å²) in [5, 5.41) is 8.37. The molecule has 0 N–H and O–H groups in total. The van der Waals surface area contributed by atoms with E-state index in [4.69, 9.17) is 16.3 Å². The van der Waals surface area contributed by atoms with Gasteiger partial charge in [-0.1, -0.05) is 29.8 Å². The van der Waals surface area contributed by atoms with E-state index in [0.29, 0.717) is 27.8 Å². The summed E-state index contributed by atoms with van der Waals surface area (Å²) in [6.07, 6.45) is 3.16. The predicted molar refractivity (Wildman–Crippen MR) is 84.7 cm³/mol. The molecule has 0 aliphatic carbocycles. The average Bonchev–Trinajstić information content (AvgIpc) is 3.05. The summed E-state index contributed by atoms with van der Waals surface area (Å²) in [6, 6.07) is 10.6. The number of hydrogen-bond acceptors (Lipinski definition) is 5. The van der Waals surface area contributed by atoms with Gasteiger partial charge in [0.05, 0.1) is 23.8 Å². The number of para-hydroxylation sites is 1. The van der Waals surface area contributed by atoms with Gasteiger partial charge in [-0.15, -0.1) is 4.80 Å². The fraction of sp³-hybridized carbons (Fsp3) is 0.125. The Hall–Kier alpha value is -2.73. The average molecular weight is 329 g/mol. The third-order valence-electron chi connectivity index (χ3n) is 3.17. The first-order chi connectivity index (χ1) is 11.1. The maximum atomic E-state index is 12.0. The number of nitrogens with zero attached hydrogens (tertiary/aromatic N) is 4. The van der Waals surface area contributed by atoms with Gasteiger partial charge in [-0.2, -0.15) is 10.2 Å². The van der Waals surface area contributed by atoms with Gasteiger partial charge in [0.25, 0.3) is 0 Å². The standard InChI is InChI=1S/C16H13ClN4O2/c1-11-12(10-15(22)23-13-5-3-2-4-6-13)9-14(17)16(20-11)21-18-7-8-19-21/h2-9H,10H2,1H3. The van der Waals surface area contributed by atoms with Gasteiger partial charge < -0.3 is 4.74 Å². The number of ether oxygens (including phenoxy) is 1. The lowest BCUT2D eigenvalue weighted by Crippen LogP contribution is -2.13. The third-order valence-corrected chi connectivity index (χ3v) is 3.45. The van der Waals surface area contributed by atoms with Crippen LogP contribution in [-0.2, 0) is 11.2 Å². The zero-order chi connectivity index (χ0) is 16.2. The summed E-state index contributed by atoms with van der Waals surface area (Å²) in [5.74, 6) is 0.558. The topological polar surface area (TPSA) is 69.9 Å². The van der Waals surface area contributed by atoms with Crippen LogP contribution in [0.2, 0.25) is 5.02 Å². The molecule has 23 heavy (non-hydrogen) atoms. The van der Waals surface area contributed by atoms with Gasteiger partial charge >= 0.3 is 5.97 Å². The number of aromatic nitrogens is 4. The van der Waals surface area contributed by atoms with Crippen molar-refractivity contribution in [3.05, 3.63) is 65.1 Å². The molecule has 0 saturated heterocycles. The van der Waals surface area contributed by atoms with E-state index in [1.165, 1.54) is 4.80 Å². The van der Waals surface area contributed by atoms with Gasteiger partial charge in [0.1, 0.15) is 5.75 Å². The molecule has 3 aromatic rings. The molecular formula is C16H13ClN4O2. The van der Waals surface area contributed by atoms with Gasteiger partial charge in [0.15, 0.2) is 5.82 Å². The summed E-state index contributed by atoms with van der Waals surface area (Å²) in [7, 11) is 0. The SMILES string of the molecule is Cc1nc(-n2nccn2)c(Cl)cc1CC(=O)Oc1ccccc1. The number of halogens is 1. The highest BCUT2D eigenvalue weighted by molar-refractivity contribution is 6.32. The highest BCUT2D eigenvalue weighted by atomic mass is 35.5. The fourth-order valence-electron chi connectivity index (χ4n) is 2.06. The van der Waals surface area contributed by atoms with E-state index < -0.39 is 0 Å². The highest BCUT2D eigenvalue weighted by Gasteiger charge is 2.14. The Bertz CT molecular complexity index is 820. The van der Waals surface area contributed by atoms with Crippen LogP contribution < -0.4 is 4.74 Å². The first-order valence-electron chi connectivity index (χ1n) is 6.92. The normalized spacial score (nSPS) is 10.5. The van der Waals surface area contributed by atoms with Crippen molar-refractivity contribution < 1.29 is 9.53 Å². The van der Waals surface area contributed by atoms with Gasteiger partial charge in [-0.3, -0.25) is 4.79 Å². The Morgan fingerprint density at radius 2 is 1.91 bits per heavy atom. The second kappa shape index (κ2) is 6.58. The van der Waals surface area contributed by atoms with E-state index in [-0.39, 0.29) is 12.4 Å². The number of benzene rings is 1. The van der Waals surface area contributed by atoms with Crippen LogP contribution in [0.25, 0.3) is 5.82 Å². The highest BCUT2D eigenvalue weighted by Crippen LogP contribution is 2.21. The number of carbonyl (C=O) groups is 1. The molecule has 0 aliphatic rings. The summed E-state index contributed by atoms with van der Waals surface area (Å²) >= 11 is 6.22. The molecule has 0 fully saturated rings. The summed E-state index contributed by atoms with van der Waals surface area (Å²) < 4.78 is 5.28. The lowest BCUT2D eigenvalue weighted by atomic mass is 10.1. The second-order valence-electron chi connectivity index (χ2n) is 4.82. The second-order valence-corrected chi connectivity index (χ2v) is 5.23. The molecule has 116 valence electrons. The third kappa shape index (κ3) is 3.54. The Morgan fingerprint density at radius 3 is 2.61 bits per heavy atom. The fourth-order valence-corrected chi connectivity index (χ4v) is 2.31. The number of aryl methyl sites for hydroxylation is 1. The van der Waals surface area contributed by atoms with Crippen LogP contribution in [0.1, 0.15) is 11.3 Å². The van der Waals surface area contributed by atoms with E-state index in [9.17, 15) is 4.79 Å². The molecule has 0 unspecified atom stereocenters. The summed E-state index contributed by atoms with van der Waals surface area (Å²) in [6.45, 7) is 1.80. The molecule has 0 radical (unpaired) electrons. The smallest absolute Gasteiger partial charge is 0.315 e.